The van der Waals surface area contributed by atoms with Gasteiger partial charge >= 0.3 is 5.69 Å². The van der Waals surface area contributed by atoms with Gasteiger partial charge in [0.05, 0.1) is 11.0 Å². The molecule has 0 unspecified atom stereocenters. The minimum absolute atomic E-state index is 0.228. The number of nitrogens with zero attached hydrogens (tertiary/aromatic N) is 3. The summed E-state index contributed by atoms with van der Waals surface area (Å²) in [6, 6.07) is 5.87. The first-order valence-corrected chi connectivity index (χ1v) is 6.16. The van der Waals surface area contributed by atoms with E-state index >= 15 is 0 Å². The highest BCUT2D eigenvalue weighted by molar-refractivity contribution is 5.82. The maximum absolute atomic E-state index is 11.8. The van der Waals surface area contributed by atoms with Crippen LogP contribution >= 0.6 is 0 Å². The number of fused-ring (bicyclic) bond motifs is 2. The number of benzene rings is 1. The number of para-hydroxylation sites is 1. The molecule has 94 valence electrons. The zero-order chi connectivity index (χ0) is 13.0. The molecule has 0 atom stereocenters. The molecule has 0 spiro atoms. The molecule has 1 N–H and O–H groups in total. The summed E-state index contributed by atoms with van der Waals surface area (Å²) >= 11 is 0. The highest BCUT2D eigenvalue weighted by atomic mass is 16.2. The lowest BCUT2D eigenvalue weighted by molar-refractivity contribution is 0.622. The molecule has 0 bridgehead atoms. The first kappa shape index (κ1) is 10.4. The fraction of sp³-hybridized carbons (Fsp3) is 0.231. The van der Waals surface area contributed by atoms with Gasteiger partial charge in [-0.1, -0.05) is 12.1 Å². The van der Waals surface area contributed by atoms with Gasteiger partial charge in [0, 0.05) is 6.54 Å². The van der Waals surface area contributed by atoms with Crippen LogP contribution in [0.5, 0.6) is 0 Å². The highest BCUT2D eigenvalue weighted by Gasteiger charge is 2.21. The molecule has 1 aromatic carbocycles. The summed E-state index contributed by atoms with van der Waals surface area (Å²) in [5.41, 5.74) is 2.08. The van der Waals surface area contributed by atoms with Crippen molar-refractivity contribution in [3.05, 3.63) is 44.6 Å². The van der Waals surface area contributed by atoms with E-state index in [1.165, 1.54) is 5.56 Å². The lowest BCUT2D eigenvalue weighted by Crippen LogP contribution is -2.29. The molecule has 1 aromatic rings. The number of aromatic nitrogens is 4. The first-order chi connectivity index (χ1) is 9.24. The van der Waals surface area contributed by atoms with E-state index in [2.05, 4.69) is 21.0 Å². The summed E-state index contributed by atoms with van der Waals surface area (Å²) in [5, 5.41) is 0. The number of rotatable bonds is 0. The molecule has 0 aromatic heterocycles. The molecule has 3 heterocycles. The van der Waals surface area contributed by atoms with Crippen LogP contribution in [0.1, 0.15) is 12.0 Å². The van der Waals surface area contributed by atoms with Crippen molar-refractivity contribution in [2.24, 2.45) is 0 Å². The molecule has 0 amide bonds. The van der Waals surface area contributed by atoms with Gasteiger partial charge in [0.1, 0.15) is 0 Å². The molecular formula is C13H10N4O2. The Morgan fingerprint density at radius 3 is 3.00 bits per heavy atom. The van der Waals surface area contributed by atoms with E-state index in [-0.39, 0.29) is 5.69 Å². The molecule has 3 aliphatic rings. The number of aryl methyl sites for hydroxylation is 2. The van der Waals surface area contributed by atoms with E-state index in [0.29, 0.717) is 5.82 Å². The average Bonchev–Trinajstić information content (AvgIpc) is 2.41. The third-order valence-electron chi connectivity index (χ3n) is 3.54. The normalized spacial score (nSPS) is 14.1. The van der Waals surface area contributed by atoms with Gasteiger partial charge in [-0.3, -0.25) is 9.78 Å². The number of hydrogen-bond donors (Lipinski definition) is 1. The largest absolute Gasteiger partial charge is 0.349 e. The van der Waals surface area contributed by atoms with Crippen molar-refractivity contribution < 1.29 is 0 Å². The fourth-order valence-corrected chi connectivity index (χ4v) is 2.78. The second kappa shape index (κ2) is 3.50. The molecule has 4 rings (SSSR count). The van der Waals surface area contributed by atoms with Crippen molar-refractivity contribution in [1.82, 2.24) is 19.5 Å². The first-order valence-electron chi connectivity index (χ1n) is 6.16. The van der Waals surface area contributed by atoms with Gasteiger partial charge in [0.2, 0.25) is 0 Å². The predicted molar refractivity (Wildman–Crippen MR) is 69.4 cm³/mol. The van der Waals surface area contributed by atoms with Crippen LogP contribution in [0.2, 0.25) is 0 Å². The number of aromatic amines is 1. The molecule has 0 saturated carbocycles. The minimum atomic E-state index is -0.620. The molecular weight excluding hydrogens is 244 g/mol. The lowest BCUT2D eigenvalue weighted by atomic mass is 10.0. The highest BCUT2D eigenvalue weighted by Crippen LogP contribution is 2.28. The Kier molecular flexibility index (Phi) is 1.92. The van der Waals surface area contributed by atoms with Crippen molar-refractivity contribution in [1.29, 1.82) is 0 Å². The summed E-state index contributed by atoms with van der Waals surface area (Å²) in [6.45, 7) is 0.752. The molecule has 0 radical (unpaired) electrons. The van der Waals surface area contributed by atoms with Crippen LogP contribution in [-0.4, -0.2) is 19.5 Å². The van der Waals surface area contributed by atoms with Crippen LogP contribution in [0.15, 0.2) is 27.8 Å². The Hall–Kier alpha value is -2.50. The van der Waals surface area contributed by atoms with Gasteiger partial charge in [0.25, 0.3) is 5.56 Å². The Balaban J connectivity index is 2.32. The molecule has 6 heteroatoms. The molecule has 0 aliphatic carbocycles. The Bertz CT molecular complexity index is 893. The van der Waals surface area contributed by atoms with Crippen molar-refractivity contribution in [2.45, 2.75) is 19.4 Å². The topological polar surface area (TPSA) is 80.6 Å². The van der Waals surface area contributed by atoms with Gasteiger partial charge in [-0.25, -0.2) is 9.78 Å². The summed E-state index contributed by atoms with van der Waals surface area (Å²) in [5.74, 6) is 0.383. The van der Waals surface area contributed by atoms with Gasteiger partial charge in [-0.2, -0.15) is 4.98 Å². The van der Waals surface area contributed by atoms with E-state index in [9.17, 15) is 9.59 Å². The van der Waals surface area contributed by atoms with Crippen LogP contribution in [0.4, 0.5) is 0 Å². The van der Waals surface area contributed by atoms with Crippen LogP contribution in [0.25, 0.3) is 22.6 Å². The van der Waals surface area contributed by atoms with Crippen molar-refractivity contribution in [3.8, 4) is 11.5 Å². The van der Waals surface area contributed by atoms with Crippen molar-refractivity contribution >= 4 is 11.0 Å². The van der Waals surface area contributed by atoms with E-state index < -0.39 is 11.2 Å². The van der Waals surface area contributed by atoms with Gasteiger partial charge < -0.3 is 4.57 Å². The third kappa shape index (κ3) is 1.36. The average molecular weight is 254 g/mol. The second-order valence-corrected chi connectivity index (χ2v) is 4.70. The Morgan fingerprint density at radius 1 is 1.21 bits per heavy atom. The van der Waals surface area contributed by atoms with Gasteiger partial charge in [-0.15, -0.1) is 0 Å². The number of H-pyrrole nitrogens is 1. The smallest absolute Gasteiger partial charge is 0.322 e. The van der Waals surface area contributed by atoms with Crippen molar-refractivity contribution in [2.75, 3.05) is 0 Å². The van der Waals surface area contributed by atoms with E-state index in [1.807, 2.05) is 16.7 Å². The SMILES string of the molecule is O=c1nc2n3c4c(cccc4nc-2c(=O)[nH]1)CCC3. The van der Waals surface area contributed by atoms with Crippen molar-refractivity contribution in [3.63, 3.8) is 0 Å². The second-order valence-electron chi connectivity index (χ2n) is 4.70. The standard InChI is InChI=1S/C13H10N4O2/c18-12-9-11(15-13(19)16-12)17-6-2-4-7-3-1-5-8(14-9)10(7)17/h1,3,5H,2,4,6H2,(H,16,18,19). The summed E-state index contributed by atoms with van der Waals surface area (Å²) in [4.78, 5) is 33.7. The summed E-state index contributed by atoms with van der Waals surface area (Å²) in [7, 11) is 0. The maximum Gasteiger partial charge on any atom is 0.349 e. The Labute approximate surface area is 107 Å². The monoisotopic (exact) mass is 254 g/mol. The molecule has 3 aliphatic heterocycles. The molecule has 6 nitrogen and oxygen atoms in total. The summed E-state index contributed by atoms with van der Waals surface area (Å²) < 4.78 is 1.94. The van der Waals surface area contributed by atoms with Crippen LogP contribution in [-0.2, 0) is 13.0 Å². The van der Waals surface area contributed by atoms with Crippen LogP contribution in [0, 0.1) is 0 Å². The van der Waals surface area contributed by atoms with E-state index in [0.717, 1.165) is 30.4 Å². The van der Waals surface area contributed by atoms with Gasteiger partial charge in [-0.05, 0) is 24.5 Å². The number of hydrogen-bond acceptors (Lipinski definition) is 4. The zero-order valence-corrected chi connectivity index (χ0v) is 10.0. The predicted octanol–water partition coefficient (Wildman–Crippen LogP) is 0.531. The van der Waals surface area contributed by atoms with E-state index in [1.54, 1.807) is 0 Å². The van der Waals surface area contributed by atoms with Crippen LogP contribution in [0.3, 0.4) is 0 Å². The molecule has 0 saturated heterocycles. The maximum atomic E-state index is 11.8. The van der Waals surface area contributed by atoms with E-state index in [4.69, 9.17) is 0 Å². The Morgan fingerprint density at radius 2 is 2.11 bits per heavy atom. The third-order valence-corrected chi connectivity index (χ3v) is 3.54. The van der Waals surface area contributed by atoms with Gasteiger partial charge in [0.15, 0.2) is 11.5 Å². The summed E-state index contributed by atoms with van der Waals surface area (Å²) in [6.07, 6.45) is 1.95. The lowest BCUT2D eigenvalue weighted by Gasteiger charge is -2.22. The van der Waals surface area contributed by atoms with Crippen LogP contribution < -0.4 is 11.2 Å². The molecule has 19 heavy (non-hydrogen) atoms. The minimum Gasteiger partial charge on any atom is -0.322 e. The quantitative estimate of drug-likeness (QED) is 0.593. The molecule has 0 fully saturated rings. The number of nitrogens with one attached hydrogen (secondary N) is 1. The zero-order valence-electron chi connectivity index (χ0n) is 10.0. The fourth-order valence-electron chi connectivity index (χ4n) is 2.78.